The molecule has 35 heavy (non-hydrogen) atoms. The Morgan fingerprint density at radius 1 is 1.06 bits per heavy atom. The van der Waals surface area contributed by atoms with Crippen LogP contribution in [-0.2, 0) is 16.8 Å². The Hall–Kier alpha value is -2.66. The van der Waals surface area contributed by atoms with E-state index in [9.17, 15) is 9.59 Å². The smallest absolute Gasteiger partial charge is 0.250 e. The molecular formula is C29H26Cl2N2O2. The first-order chi connectivity index (χ1) is 17.0. The number of hydrogen-bond acceptors (Lipinski definition) is 3. The van der Waals surface area contributed by atoms with Crippen LogP contribution in [0.15, 0.2) is 66.7 Å². The standard InChI is InChI=1S/C29H26Cl2N2O2/c1-2-17-10-13-23-20(15-17)29(28(35)32-23)26(27(34)19-11-12-21(30)22(31)16-19)25(18-7-4-3-5-8-18)24-9-6-14-33(24)29/h3-5,7-8,10-13,15-16,24-26H,2,6,9,14H2,1H3,(H,32,35)/t24?,25?,26?,29-/m1/s1. The second kappa shape index (κ2) is 8.48. The number of carbonyl (C=O) groups is 2. The molecule has 3 aliphatic heterocycles. The Bertz CT molecular complexity index is 1340. The molecule has 1 spiro atoms. The monoisotopic (exact) mass is 504 g/mol. The van der Waals surface area contributed by atoms with E-state index in [1.807, 2.05) is 24.3 Å². The average molecular weight is 505 g/mol. The fraction of sp³-hybridized carbons (Fsp3) is 0.310. The third-order valence-electron chi connectivity index (χ3n) is 8.14. The summed E-state index contributed by atoms with van der Waals surface area (Å²) in [4.78, 5) is 30.9. The Morgan fingerprint density at radius 3 is 2.60 bits per heavy atom. The van der Waals surface area contributed by atoms with Gasteiger partial charge in [-0.2, -0.15) is 0 Å². The van der Waals surface area contributed by atoms with Gasteiger partial charge in [-0.3, -0.25) is 14.5 Å². The van der Waals surface area contributed by atoms with E-state index in [2.05, 4.69) is 41.4 Å². The van der Waals surface area contributed by atoms with Crippen LogP contribution in [0.4, 0.5) is 5.69 Å². The SMILES string of the molecule is CCc1ccc2c(c1)[C@]1(C(=O)N2)C(C(=O)c2ccc(Cl)c(Cl)c2)C(c2ccccc2)C2CCCN21. The summed E-state index contributed by atoms with van der Waals surface area (Å²) in [5.41, 5.74) is 3.39. The van der Waals surface area contributed by atoms with Crippen molar-refractivity contribution in [2.45, 2.75) is 43.7 Å². The van der Waals surface area contributed by atoms with Gasteiger partial charge in [-0.1, -0.05) is 72.6 Å². The van der Waals surface area contributed by atoms with Crippen LogP contribution in [0, 0.1) is 5.92 Å². The van der Waals surface area contributed by atoms with Crippen LogP contribution in [0.5, 0.6) is 0 Å². The first-order valence-corrected chi connectivity index (χ1v) is 13.0. The van der Waals surface area contributed by atoms with E-state index in [0.717, 1.165) is 48.2 Å². The molecule has 1 amide bonds. The molecule has 0 aliphatic carbocycles. The fourth-order valence-electron chi connectivity index (χ4n) is 6.71. The molecule has 3 aliphatic rings. The van der Waals surface area contributed by atoms with Gasteiger partial charge >= 0.3 is 0 Å². The number of nitrogens with one attached hydrogen (secondary N) is 1. The zero-order valence-electron chi connectivity index (χ0n) is 19.4. The zero-order chi connectivity index (χ0) is 24.3. The number of anilines is 1. The maximum absolute atomic E-state index is 14.5. The molecule has 2 fully saturated rings. The number of nitrogens with zero attached hydrogens (tertiary/aromatic N) is 1. The minimum absolute atomic E-state index is 0.0725. The molecule has 3 unspecified atom stereocenters. The van der Waals surface area contributed by atoms with Gasteiger partial charge in [-0.15, -0.1) is 0 Å². The van der Waals surface area contributed by atoms with E-state index in [0.29, 0.717) is 15.6 Å². The number of carbonyl (C=O) groups excluding carboxylic acids is 2. The number of hydrogen-bond donors (Lipinski definition) is 1. The van der Waals surface area contributed by atoms with Crippen molar-refractivity contribution in [3.63, 3.8) is 0 Å². The van der Waals surface area contributed by atoms with Crippen molar-refractivity contribution in [2.24, 2.45) is 5.92 Å². The van der Waals surface area contributed by atoms with Crippen LogP contribution >= 0.6 is 23.2 Å². The Morgan fingerprint density at radius 2 is 1.86 bits per heavy atom. The highest BCUT2D eigenvalue weighted by Crippen LogP contribution is 2.61. The molecule has 2 saturated heterocycles. The largest absolute Gasteiger partial charge is 0.324 e. The zero-order valence-corrected chi connectivity index (χ0v) is 20.9. The number of aryl methyl sites for hydroxylation is 1. The van der Waals surface area contributed by atoms with Crippen LogP contribution in [-0.4, -0.2) is 29.2 Å². The van der Waals surface area contributed by atoms with Gasteiger partial charge in [-0.25, -0.2) is 0 Å². The lowest BCUT2D eigenvalue weighted by Crippen LogP contribution is -2.52. The fourth-order valence-corrected chi connectivity index (χ4v) is 7.00. The number of Topliss-reactive ketones (excluding diaryl/α,β-unsaturated/α-hetero) is 1. The molecule has 1 N–H and O–H groups in total. The van der Waals surface area contributed by atoms with E-state index >= 15 is 0 Å². The van der Waals surface area contributed by atoms with E-state index in [1.54, 1.807) is 18.2 Å². The second-order valence-electron chi connectivity index (χ2n) is 9.76. The van der Waals surface area contributed by atoms with E-state index in [-0.39, 0.29) is 23.7 Å². The molecule has 4 atom stereocenters. The summed E-state index contributed by atoms with van der Waals surface area (Å²) in [5, 5.41) is 3.89. The van der Waals surface area contributed by atoms with Crippen LogP contribution in [0.2, 0.25) is 10.0 Å². The molecule has 6 heteroatoms. The molecular weight excluding hydrogens is 479 g/mol. The van der Waals surface area contributed by atoms with Gasteiger partial charge in [0.2, 0.25) is 5.91 Å². The van der Waals surface area contributed by atoms with Gasteiger partial charge in [0.15, 0.2) is 5.78 Å². The maximum atomic E-state index is 14.5. The number of halogens is 2. The first kappa shape index (κ1) is 22.8. The Kier molecular flexibility index (Phi) is 5.52. The summed E-state index contributed by atoms with van der Waals surface area (Å²) >= 11 is 12.5. The number of ketones is 1. The summed E-state index contributed by atoms with van der Waals surface area (Å²) in [6.07, 6.45) is 2.80. The van der Waals surface area contributed by atoms with Crippen LogP contribution in [0.1, 0.15) is 52.7 Å². The first-order valence-electron chi connectivity index (χ1n) is 12.2. The van der Waals surface area contributed by atoms with Gasteiger partial charge in [0.1, 0.15) is 5.54 Å². The molecule has 0 aromatic heterocycles. The van der Waals surface area contributed by atoms with Crippen molar-refractivity contribution in [3.8, 4) is 0 Å². The van der Waals surface area contributed by atoms with Gasteiger partial charge in [-0.05, 0) is 61.2 Å². The normalized spacial score (nSPS) is 27.2. The van der Waals surface area contributed by atoms with Crippen molar-refractivity contribution in [1.29, 1.82) is 0 Å². The minimum Gasteiger partial charge on any atom is -0.324 e. The van der Waals surface area contributed by atoms with E-state index in [4.69, 9.17) is 23.2 Å². The minimum atomic E-state index is -1.06. The lowest BCUT2D eigenvalue weighted by atomic mass is 9.68. The van der Waals surface area contributed by atoms with Crippen LogP contribution < -0.4 is 5.32 Å². The van der Waals surface area contributed by atoms with Crippen molar-refractivity contribution < 1.29 is 9.59 Å². The van der Waals surface area contributed by atoms with Crippen molar-refractivity contribution in [3.05, 3.63) is 99.0 Å². The Labute approximate surface area is 215 Å². The maximum Gasteiger partial charge on any atom is 0.250 e. The number of amides is 1. The molecule has 178 valence electrons. The van der Waals surface area contributed by atoms with E-state index in [1.165, 1.54) is 0 Å². The summed E-state index contributed by atoms with van der Waals surface area (Å²) in [6, 6.07) is 21.5. The van der Waals surface area contributed by atoms with Crippen LogP contribution in [0.3, 0.4) is 0 Å². The van der Waals surface area contributed by atoms with Crippen molar-refractivity contribution in [1.82, 2.24) is 4.90 Å². The highest BCUT2D eigenvalue weighted by atomic mass is 35.5. The summed E-state index contributed by atoms with van der Waals surface area (Å²) in [7, 11) is 0. The van der Waals surface area contributed by atoms with Crippen molar-refractivity contribution in [2.75, 3.05) is 11.9 Å². The van der Waals surface area contributed by atoms with Crippen molar-refractivity contribution >= 4 is 40.6 Å². The van der Waals surface area contributed by atoms with Crippen LogP contribution in [0.25, 0.3) is 0 Å². The number of rotatable bonds is 4. The van der Waals surface area contributed by atoms with Gasteiger partial charge in [0.25, 0.3) is 0 Å². The predicted molar refractivity (Wildman–Crippen MR) is 139 cm³/mol. The highest BCUT2D eigenvalue weighted by Gasteiger charge is 2.69. The lowest BCUT2D eigenvalue weighted by Gasteiger charge is -2.37. The lowest BCUT2D eigenvalue weighted by molar-refractivity contribution is -0.127. The third-order valence-corrected chi connectivity index (χ3v) is 8.88. The Balaban J connectivity index is 1.62. The summed E-state index contributed by atoms with van der Waals surface area (Å²) in [6.45, 7) is 2.89. The quantitative estimate of drug-likeness (QED) is 0.414. The third kappa shape index (κ3) is 3.23. The molecule has 3 heterocycles. The molecule has 4 nitrogen and oxygen atoms in total. The van der Waals surface area contributed by atoms with Gasteiger partial charge in [0, 0.05) is 28.8 Å². The molecule has 3 aromatic carbocycles. The highest BCUT2D eigenvalue weighted by molar-refractivity contribution is 6.42. The average Bonchev–Trinajstić information content (AvgIpc) is 3.53. The molecule has 0 radical (unpaired) electrons. The molecule has 0 saturated carbocycles. The number of benzene rings is 3. The predicted octanol–water partition coefficient (Wildman–Crippen LogP) is 6.46. The summed E-state index contributed by atoms with van der Waals surface area (Å²) < 4.78 is 0. The number of fused-ring (bicyclic) bond motifs is 4. The van der Waals surface area contributed by atoms with Gasteiger partial charge in [0.05, 0.1) is 16.0 Å². The molecule has 3 aromatic rings. The molecule has 0 bridgehead atoms. The summed E-state index contributed by atoms with van der Waals surface area (Å²) in [5.74, 6) is -0.898. The van der Waals surface area contributed by atoms with Gasteiger partial charge < -0.3 is 5.32 Å². The second-order valence-corrected chi connectivity index (χ2v) is 10.6. The topological polar surface area (TPSA) is 49.4 Å². The van der Waals surface area contributed by atoms with E-state index < -0.39 is 11.5 Å². The molecule has 6 rings (SSSR count).